The Bertz CT molecular complexity index is 515. The molecule has 19 heavy (non-hydrogen) atoms. The van der Waals surface area contributed by atoms with E-state index in [1.54, 1.807) is 18.3 Å². The SMILES string of the molecule is CC1CCCC(C)C1Nc1ccc(S(C)(=O)=O)nc1. The Morgan fingerprint density at radius 2 is 1.84 bits per heavy atom. The predicted molar refractivity (Wildman–Crippen MR) is 76.9 cm³/mol. The van der Waals surface area contributed by atoms with Crippen LogP contribution in [0.2, 0.25) is 0 Å². The summed E-state index contributed by atoms with van der Waals surface area (Å²) in [5.41, 5.74) is 0.901. The van der Waals surface area contributed by atoms with Crippen molar-refractivity contribution in [3.8, 4) is 0 Å². The Balaban J connectivity index is 2.11. The van der Waals surface area contributed by atoms with Crippen LogP contribution in [0.1, 0.15) is 33.1 Å². The van der Waals surface area contributed by atoms with Crippen molar-refractivity contribution in [1.82, 2.24) is 4.98 Å². The van der Waals surface area contributed by atoms with Gasteiger partial charge in [-0.05, 0) is 36.8 Å². The van der Waals surface area contributed by atoms with Crippen molar-refractivity contribution in [2.75, 3.05) is 11.6 Å². The molecule has 0 spiro atoms. The standard InChI is InChI=1S/C14H22N2O2S/c1-10-5-4-6-11(2)14(10)16-12-7-8-13(15-9-12)19(3,17)18/h7-11,14,16H,4-6H2,1-3H3. The maximum absolute atomic E-state index is 11.4. The van der Waals surface area contributed by atoms with E-state index in [2.05, 4.69) is 24.1 Å². The lowest BCUT2D eigenvalue weighted by Gasteiger charge is -2.35. The van der Waals surface area contributed by atoms with E-state index in [4.69, 9.17) is 0 Å². The molecule has 1 aromatic heterocycles. The van der Waals surface area contributed by atoms with E-state index in [0.717, 1.165) is 5.69 Å². The first-order valence-corrected chi connectivity index (χ1v) is 8.69. The fourth-order valence-corrected chi connectivity index (χ4v) is 3.40. The van der Waals surface area contributed by atoms with E-state index in [1.807, 2.05) is 0 Å². The van der Waals surface area contributed by atoms with Crippen LogP contribution in [0.25, 0.3) is 0 Å². The van der Waals surface area contributed by atoms with Crippen LogP contribution in [0.4, 0.5) is 5.69 Å². The second-order valence-electron chi connectivity index (χ2n) is 5.71. The fourth-order valence-electron chi connectivity index (χ4n) is 2.84. The maximum Gasteiger partial charge on any atom is 0.192 e. The molecule has 2 rings (SSSR count). The average molecular weight is 282 g/mol. The topological polar surface area (TPSA) is 59.1 Å². The summed E-state index contributed by atoms with van der Waals surface area (Å²) in [5, 5.41) is 3.63. The number of rotatable bonds is 3. The molecule has 1 aliphatic rings. The van der Waals surface area contributed by atoms with Gasteiger partial charge in [-0.1, -0.05) is 20.3 Å². The highest BCUT2D eigenvalue weighted by Gasteiger charge is 2.27. The van der Waals surface area contributed by atoms with E-state index >= 15 is 0 Å². The van der Waals surface area contributed by atoms with Gasteiger partial charge in [0.25, 0.3) is 0 Å². The zero-order valence-corrected chi connectivity index (χ0v) is 12.6. The number of hydrogen-bond donors (Lipinski definition) is 1. The lowest BCUT2D eigenvalue weighted by atomic mass is 9.78. The van der Waals surface area contributed by atoms with Crippen LogP contribution >= 0.6 is 0 Å². The quantitative estimate of drug-likeness (QED) is 0.926. The maximum atomic E-state index is 11.4. The molecule has 5 heteroatoms. The molecule has 1 heterocycles. The lowest BCUT2D eigenvalue weighted by Crippen LogP contribution is -2.37. The van der Waals surface area contributed by atoms with Crippen LogP contribution in [-0.2, 0) is 9.84 Å². The average Bonchev–Trinajstić information content (AvgIpc) is 2.33. The fraction of sp³-hybridized carbons (Fsp3) is 0.643. The van der Waals surface area contributed by atoms with Gasteiger partial charge in [-0.25, -0.2) is 13.4 Å². The number of nitrogens with one attached hydrogen (secondary N) is 1. The summed E-state index contributed by atoms with van der Waals surface area (Å²) in [5.74, 6) is 1.27. The molecule has 2 atom stereocenters. The van der Waals surface area contributed by atoms with Gasteiger partial charge in [0.15, 0.2) is 14.9 Å². The Morgan fingerprint density at radius 1 is 1.21 bits per heavy atom. The smallest absolute Gasteiger partial charge is 0.192 e. The van der Waals surface area contributed by atoms with Crippen LogP contribution in [0.3, 0.4) is 0 Å². The minimum atomic E-state index is -3.21. The highest BCUT2D eigenvalue weighted by Crippen LogP contribution is 2.31. The third-order valence-corrected chi connectivity index (χ3v) is 5.00. The number of anilines is 1. The molecule has 0 bridgehead atoms. The monoisotopic (exact) mass is 282 g/mol. The second-order valence-corrected chi connectivity index (χ2v) is 7.68. The highest BCUT2D eigenvalue weighted by atomic mass is 32.2. The van der Waals surface area contributed by atoms with Crippen molar-refractivity contribution < 1.29 is 8.42 Å². The first-order chi connectivity index (χ1) is 8.88. The van der Waals surface area contributed by atoms with Crippen LogP contribution in [0.5, 0.6) is 0 Å². The Kier molecular flexibility index (Phi) is 4.13. The molecule has 1 aliphatic carbocycles. The van der Waals surface area contributed by atoms with Crippen molar-refractivity contribution in [3.05, 3.63) is 18.3 Å². The predicted octanol–water partition coefficient (Wildman–Crippen LogP) is 2.72. The summed E-state index contributed by atoms with van der Waals surface area (Å²) in [7, 11) is -3.21. The van der Waals surface area contributed by atoms with E-state index in [9.17, 15) is 8.42 Å². The number of hydrogen-bond acceptors (Lipinski definition) is 4. The van der Waals surface area contributed by atoms with Crippen molar-refractivity contribution in [3.63, 3.8) is 0 Å². The molecule has 1 aromatic rings. The molecule has 0 saturated heterocycles. The minimum Gasteiger partial charge on any atom is -0.381 e. The zero-order valence-electron chi connectivity index (χ0n) is 11.8. The highest BCUT2D eigenvalue weighted by molar-refractivity contribution is 7.90. The van der Waals surface area contributed by atoms with Crippen molar-refractivity contribution in [1.29, 1.82) is 0 Å². The van der Waals surface area contributed by atoms with Gasteiger partial charge >= 0.3 is 0 Å². The minimum absolute atomic E-state index is 0.128. The molecule has 0 amide bonds. The lowest BCUT2D eigenvalue weighted by molar-refractivity contribution is 0.268. The van der Waals surface area contributed by atoms with E-state index in [-0.39, 0.29) is 5.03 Å². The van der Waals surface area contributed by atoms with Crippen LogP contribution < -0.4 is 5.32 Å². The van der Waals surface area contributed by atoms with Gasteiger partial charge in [0.1, 0.15) is 0 Å². The Morgan fingerprint density at radius 3 is 2.32 bits per heavy atom. The van der Waals surface area contributed by atoms with Crippen LogP contribution in [0, 0.1) is 11.8 Å². The van der Waals surface area contributed by atoms with Gasteiger partial charge in [0, 0.05) is 12.3 Å². The molecule has 0 aromatic carbocycles. The van der Waals surface area contributed by atoms with E-state index in [0.29, 0.717) is 17.9 Å². The van der Waals surface area contributed by atoms with Gasteiger partial charge in [0.2, 0.25) is 0 Å². The van der Waals surface area contributed by atoms with Crippen molar-refractivity contribution in [2.45, 2.75) is 44.2 Å². The molecule has 106 valence electrons. The number of pyridine rings is 1. The van der Waals surface area contributed by atoms with Gasteiger partial charge in [-0.3, -0.25) is 0 Å². The van der Waals surface area contributed by atoms with Gasteiger partial charge in [-0.2, -0.15) is 0 Å². The summed E-state index contributed by atoms with van der Waals surface area (Å²) in [6.45, 7) is 4.54. The Hall–Kier alpha value is -1.10. The molecule has 2 unspecified atom stereocenters. The summed E-state index contributed by atoms with van der Waals surface area (Å²) < 4.78 is 22.7. The summed E-state index contributed by atoms with van der Waals surface area (Å²) in [6, 6.07) is 3.81. The summed E-state index contributed by atoms with van der Waals surface area (Å²) >= 11 is 0. The third kappa shape index (κ3) is 3.47. The largest absolute Gasteiger partial charge is 0.381 e. The first-order valence-electron chi connectivity index (χ1n) is 6.80. The number of sulfone groups is 1. The van der Waals surface area contributed by atoms with Crippen LogP contribution in [0.15, 0.2) is 23.4 Å². The normalized spacial score (nSPS) is 28.1. The molecule has 1 saturated carbocycles. The first kappa shape index (κ1) is 14.3. The van der Waals surface area contributed by atoms with Crippen LogP contribution in [-0.4, -0.2) is 25.7 Å². The van der Waals surface area contributed by atoms with E-state index in [1.165, 1.54) is 25.5 Å². The van der Waals surface area contributed by atoms with Gasteiger partial charge in [-0.15, -0.1) is 0 Å². The molecular formula is C14H22N2O2S. The van der Waals surface area contributed by atoms with E-state index < -0.39 is 9.84 Å². The van der Waals surface area contributed by atoms with Gasteiger partial charge < -0.3 is 5.32 Å². The molecule has 4 nitrogen and oxygen atoms in total. The van der Waals surface area contributed by atoms with Crippen molar-refractivity contribution in [2.24, 2.45) is 11.8 Å². The third-order valence-electron chi connectivity index (χ3n) is 3.99. The molecule has 1 N–H and O–H groups in total. The Labute approximate surface area is 115 Å². The van der Waals surface area contributed by atoms with Gasteiger partial charge in [0.05, 0.1) is 11.9 Å². The van der Waals surface area contributed by atoms with Crippen molar-refractivity contribution >= 4 is 15.5 Å². The summed E-state index contributed by atoms with van der Waals surface area (Å²) in [4.78, 5) is 4.02. The molecule has 0 aliphatic heterocycles. The number of nitrogens with zero attached hydrogens (tertiary/aromatic N) is 1. The number of aromatic nitrogens is 1. The zero-order chi connectivity index (χ0) is 14.0. The molecule has 1 fully saturated rings. The molecule has 0 radical (unpaired) electrons. The second kappa shape index (κ2) is 5.49. The summed E-state index contributed by atoms with van der Waals surface area (Å²) in [6.07, 6.45) is 6.58. The molecular weight excluding hydrogens is 260 g/mol.